The zero-order valence-electron chi connectivity index (χ0n) is 8.19. The van der Waals surface area contributed by atoms with Gasteiger partial charge in [-0.15, -0.1) is 0 Å². The van der Waals surface area contributed by atoms with E-state index in [-0.39, 0.29) is 0 Å². The number of nitrogens with zero attached hydrogens (tertiary/aromatic N) is 1. The molecule has 0 aliphatic rings. The van der Waals surface area contributed by atoms with Crippen LogP contribution in [0.5, 0.6) is 0 Å². The predicted octanol–water partition coefficient (Wildman–Crippen LogP) is 0.956. The molecular formula is C10H11N3O2. The molecule has 2 rings (SSSR count). The lowest BCUT2D eigenvalue weighted by Crippen LogP contribution is -2.20. The Balaban J connectivity index is 2.50. The maximum absolute atomic E-state index is 10.7. The average molecular weight is 205 g/mol. The summed E-state index contributed by atoms with van der Waals surface area (Å²) in [6.07, 6.45) is 0. The van der Waals surface area contributed by atoms with E-state index in [9.17, 15) is 4.79 Å². The number of aromatic nitrogens is 2. The third kappa shape index (κ3) is 1.69. The van der Waals surface area contributed by atoms with Gasteiger partial charge in [0.25, 0.3) is 0 Å². The molecule has 0 amide bonds. The largest absolute Gasteiger partial charge is 0.480 e. The van der Waals surface area contributed by atoms with Crippen molar-refractivity contribution in [1.82, 2.24) is 9.97 Å². The molecule has 2 aromatic rings. The van der Waals surface area contributed by atoms with E-state index in [2.05, 4.69) is 9.97 Å². The SMILES string of the molecule is Cc1nc2ccc(C(N)C(=O)O)cc2[nH]1. The van der Waals surface area contributed by atoms with Crippen molar-refractivity contribution in [3.05, 3.63) is 29.6 Å². The van der Waals surface area contributed by atoms with Gasteiger partial charge in [-0.2, -0.15) is 0 Å². The monoisotopic (exact) mass is 205 g/mol. The number of aliphatic carboxylic acids is 1. The van der Waals surface area contributed by atoms with Crippen LogP contribution in [-0.2, 0) is 4.79 Å². The molecule has 1 unspecified atom stereocenters. The van der Waals surface area contributed by atoms with E-state index in [0.29, 0.717) is 5.56 Å². The molecule has 0 aliphatic heterocycles. The van der Waals surface area contributed by atoms with E-state index in [0.717, 1.165) is 16.9 Å². The van der Waals surface area contributed by atoms with Crippen LogP contribution < -0.4 is 5.73 Å². The molecule has 5 heteroatoms. The maximum atomic E-state index is 10.7. The number of carboxylic acids is 1. The second kappa shape index (κ2) is 3.36. The highest BCUT2D eigenvalue weighted by Gasteiger charge is 2.14. The van der Waals surface area contributed by atoms with Crippen LogP contribution in [-0.4, -0.2) is 21.0 Å². The molecule has 5 nitrogen and oxygen atoms in total. The smallest absolute Gasteiger partial charge is 0.325 e. The molecule has 0 bridgehead atoms. The highest BCUT2D eigenvalue weighted by molar-refractivity contribution is 5.80. The number of carboxylic acid groups (broad SMARTS) is 1. The van der Waals surface area contributed by atoms with E-state index < -0.39 is 12.0 Å². The molecule has 0 saturated carbocycles. The van der Waals surface area contributed by atoms with E-state index in [1.54, 1.807) is 18.2 Å². The van der Waals surface area contributed by atoms with Crippen LogP contribution >= 0.6 is 0 Å². The Kier molecular flexibility index (Phi) is 2.17. The molecule has 0 saturated heterocycles. The Bertz CT molecular complexity index is 518. The molecule has 15 heavy (non-hydrogen) atoms. The van der Waals surface area contributed by atoms with Gasteiger partial charge < -0.3 is 15.8 Å². The van der Waals surface area contributed by atoms with Gasteiger partial charge in [0.2, 0.25) is 0 Å². The van der Waals surface area contributed by atoms with Crippen LogP contribution in [0.25, 0.3) is 11.0 Å². The molecule has 1 atom stereocenters. The molecule has 0 spiro atoms. The number of hydrogen-bond donors (Lipinski definition) is 3. The summed E-state index contributed by atoms with van der Waals surface area (Å²) in [5, 5.41) is 8.76. The van der Waals surface area contributed by atoms with Gasteiger partial charge in [0.15, 0.2) is 0 Å². The summed E-state index contributed by atoms with van der Waals surface area (Å²) in [5.41, 5.74) is 7.69. The predicted molar refractivity (Wildman–Crippen MR) is 55.4 cm³/mol. The van der Waals surface area contributed by atoms with Gasteiger partial charge in [-0.3, -0.25) is 4.79 Å². The number of carbonyl (C=O) groups is 1. The van der Waals surface area contributed by atoms with Crippen LogP contribution in [0.4, 0.5) is 0 Å². The Morgan fingerprint density at radius 2 is 2.33 bits per heavy atom. The van der Waals surface area contributed by atoms with Crippen LogP contribution in [0.15, 0.2) is 18.2 Å². The minimum atomic E-state index is -1.04. The topological polar surface area (TPSA) is 92.0 Å². The Labute approximate surface area is 85.9 Å². The molecular weight excluding hydrogens is 194 g/mol. The zero-order chi connectivity index (χ0) is 11.0. The van der Waals surface area contributed by atoms with E-state index in [4.69, 9.17) is 10.8 Å². The third-order valence-corrected chi connectivity index (χ3v) is 2.25. The van der Waals surface area contributed by atoms with Crippen LogP contribution in [0.3, 0.4) is 0 Å². The van der Waals surface area contributed by atoms with Crippen molar-refractivity contribution >= 4 is 17.0 Å². The van der Waals surface area contributed by atoms with Crippen molar-refractivity contribution in [2.45, 2.75) is 13.0 Å². The number of hydrogen-bond acceptors (Lipinski definition) is 3. The standard InChI is InChI=1S/C10H11N3O2/c1-5-12-7-3-2-6(4-8(7)13-5)9(11)10(14)15/h2-4,9H,11H2,1H3,(H,12,13)(H,14,15). The lowest BCUT2D eigenvalue weighted by molar-refractivity contribution is -0.138. The van der Waals surface area contributed by atoms with Gasteiger partial charge in [0.05, 0.1) is 11.0 Å². The van der Waals surface area contributed by atoms with Gasteiger partial charge >= 0.3 is 5.97 Å². The van der Waals surface area contributed by atoms with Gasteiger partial charge in [-0.1, -0.05) is 6.07 Å². The average Bonchev–Trinajstić information content (AvgIpc) is 2.55. The van der Waals surface area contributed by atoms with Crippen LogP contribution in [0, 0.1) is 6.92 Å². The fourth-order valence-corrected chi connectivity index (χ4v) is 1.49. The number of aryl methyl sites for hydroxylation is 1. The highest BCUT2D eigenvalue weighted by atomic mass is 16.4. The number of rotatable bonds is 2. The molecule has 78 valence electrons. The molecule has 4 N–H and O–H groups in total. The van der Waals surface area contributed by atoms with Gasteiger partial charge in [0.1, 0.15) is 11.9 Å². The van der Waals surface area contributed by atoms with E-state index in [1.807, 2.05) is 6.92 Å². The van der Waals surface area contributed by atoms with Crippen LogP contribution in [0.2, 0.25) is 0 Å². The lowest BCUT2D eigenvalue weighted by Gasteiger charge is -2.05. The fraction of sp³-hybridized carbons (Fsp3) is 0.200. The fourth-order valence-electron chi connectivity index (χ4n) is 1.49. The number of nitrogens with one attached hydrogen (secondary N) is 1. The summed E-state index contributed by atoms with van der Waals surface area (Å²) >= 11 is 0. The minimum Gasteiger partial charge on any atom is -0.480 e. The highest BCUT2D eigenvalue weighted by Crippen LogP contribution is 2.17. The van der Waals surface area contributed by atoms with Gasteiger partial charge in [-0.25, -0.2) is 4.98 Å². The first-order valence-corrected chi connectivity index (χ1v) is 4.52. The normalized spacial score (nSPS) is 12.9. The van der Waals surface area contributed by atoms with Crippen molar-refractivity contribution in [3.63, 3.8) is 0 Å². The molecule has 0 fully saturated rings. The van der Waals surface area contributed by atoms with Crippen molar-refractivity contribution in [1.29, 1.82) is 0 Å². The summed E-state index contributed by atoms with van der Waals surface area (Å²) in [4.78, 5) is 17.9. The Morgan fingerprint density at radius 3 is 3.00 bits per heavy atom. The number of aromatic amines is 1. The Morgan fingerprint density at radius 1 is 1.60 bits per heavy atom. The number of H-pyrrole nitrogens is 1. The summed E-state index contributed by atoms with van der Waals surface area (Å²) in [7, 11) is 0. The quantitative estimate of drug-likeness (QED) is 0.680. The summed E-state index contributed by atoms with van der Waals surface area (Å²) < 4.78 is 0. The first-order chi connectivity index (χ1) is 7.08. The molecule has 1 heterocycles. The second-order valence-corrected chi connectivity index (χ2v) is 3.41. The summed E-state index contributed by atoms with van der Waals surface area (Å²) in [6.45, 7) is 1.84. The third-order valence-electron chi connectivity index (χ3n) is 2.25. The second-order valence-electron chi connectivity index (χ2n) is 3.41. The van der Waals surface area contributed by atoms with Crippen LogP contribution in [0.1, 0.15) is 17.4 Å². The van der Waals surface area contributed by atoms with Gasteiger partial charge in [0, 0.05) is 0 Å². The minimum absolute atomic E-state index is 0.568. The number of imidazole rings is 1. The number of fused-ring (bicyclic) bond motifs is 1. The molecule has 1 aromatic carbocycles. The first-order valence-electron chi connectivity index (χ1n) is 4.52. The van der Waals surface area contributed by atoms with Crippen molar-refractivity contribution in [2.24, 2.45) is 5.73 Å². The molecule has 0 aliphatic carbocycles. The Hall–Kier alpha value is -1.88. The number of benzene rings is 1. The van der Waals surface area contributed by atoms with Crippen molar-refractivity contribution in [3.8, 4) is 0 Å². The van der Waals surface area contributed by atoms with E-state index in [1.165, 1.54) is 0 Å². The molecule has 1 aromatic heterocycles. The summed E-state index contributed by atoms with van der Waals surface area (Å²) in [5.74, 6) is -0.239. The molecule has 0 radical (unpaired) electrons. The lowest BCUT2D eigenvalue weighted by atomic mass is 10.1. The zero-order valence-corrected chi connectivity index (χ0v) is 8.19. The van der Waals surface area contributed by atoms with Crippen molar-refractivity contribution < 1.29 is 9.90 Å². The van der Waals surface area contributed by atoms with Crippen molar-refractivity contribution in [2.75, 3.05) is 0 Å². The summed E-state index contributed by atoms with van der Waals surface area (Å²) in [6, 6.07) is 4.17. The van der Waals surface area contributed by atoms with E-state index >= 15 is 0 Å². The first kappa shape index (κ1) is 9.67. The maximum Gasteiger partial charge on any atom is 0.325 e. The van der Waals surface area contributed by atoms with Gasteiger partial charge in [-0.05, 0) is 24.6 Å². The number of nitrogens with two attached hydrogens (primary N) is 1.